The molecule has 4 nitrogen and oxygen atoms in total. The van der Waals surface area contributed by atoms with Gasteiger partial charge in [-0.25, -0.2) is 4.79 Å². The molecule has 1 amide bonds. The smallest absolute Gasteiger partial charge is 0.339 e. The van der Waals surface area contributed by atoms with Crippen molar-refractivity contribution < 1.29 is 14.3 Å². The molecule has 1 aromatic carbocycles. The maximum atomic E-state index is 11.6. The highest BCUT2D eigenvalue weighted by atomic mass is 127. The van der Waals surface area contributed by atoms with Crippen LogP contribution in [0.15, 0.2) is 23.1 Å². The Morgan fingerprint density at radius 1 is 1.35 bits per heavy atom. The van der Waals surface area contributed by atoms with Gasteiger partial charge in [0.15, 0.2) is 0 Å². The van der Waals surface area contributed by atoms with Crippen LogP contribution in [-0.4, -0.2) is 37.3 Å². The van der Waals surface area contributed by atoms with E-state index in [9.17, 15) is 9.59 Å². The number of nitrogens with zero attached hydrogens (tertiary/aromatic N) is 1. The Morgan fingerprint density at radius 2 is 2.00 bits per heavy atom. The highest BCUT2D eigenvalue weighted by Gasteiger charge is 2.16. The summed E-state index contributed by atoms with van der Waals surface area (Å²) in [5, 5.41) is -0.128. The second-order valence-corrected chi connectivity index (χ2v) is 5.63. The second-order valence-electron chi connectivity index (χ2n) is 3.39. The third-order valence-electron chi connectivity index (χ3n) is 1.91. The molecule has 6 heteroatoms. The first-order chi connectivity index (χ1) is 7.95. The van der Waals surface area contributed by atoms with Gasteiger partial charge in [-0.05, 0) is 52.6 Å². The number of esters is 1. The summed E-state index contributed by atoms with van der Waals surface area (Å²) in [5.74, 6) is -0.435. The highest BCUT2D eigenvalue weighted by Crippen LogP contribution is 2.27. The van der Waals surface area contributed by atoms with Gasteiger partial charge < -0.3 is 9.64 Å². The van der Waals surface area contributed by atoms with E-state index >= 15 is 0 Å². The zero-order valence-electron chi connectivity index (χ0n) is 9.69. The lowest BCUT2D eigenvalue weighted by Crippen LogP contribution is -2.16. The molecule has 17 heavy (non-hydrogen) atoms. The van der Waals surface area contributed by atoms with Gasteiger partial charge in [0.05, 0.1) is 12.7 Å². The molecule has 0 bridgehead atoms. The number of thioether (sulfide) groups is 1. The van der Waals surface area contributed by atoms with Gasteiger partial charge in [-0.1, -0.05) is 0 Å². The van der Waals surface area contributed by atoms with Crippen LogP contribution in [0.5, 0.6) is 0 Å². The Balaban J connectivity index is 3.07. The fourth-order valence-electron chi connectivity index (χ4n) is 1.04. The lowest BCUT2D eigenvalue weighted by Gasteiger charge is -2.11. The van der Waals surface area contributed by atoms with Crippen LogP contribution in [0.2, 0.25) is 0 Å². The van der Waals surface area contributed by atoms with Crippen LogP contribution in [0.25, 0.3) is 0 Å². The van der Waals surface area contributed by atoms with Gasteiger partial charge in [0.2, 0.25) is 0 Å². The quantitative estimate of drug-likeness (QED) is 0.460. The number of halogens is 1. The van der Waals surface area contributed by atoms with Crippen LogP contribution in [0.4, 0.5) is 4.79 Å². The standard InChI is InChI=1S/C11H12INO3S/c1-13(2)11(15)17-9-6-7(12)4-5-8(9)10(14)16-3/h4-6H,1-3H3. The minimum atomic E-state index is -0.435. The minimum Gasteiger partial charge on any atom is -0.465 e. The van der Waals surface area contributed by atoms with Crippen LogP contribution in [0.1, 0.15) is 10.4 Å². The van der Waals surface area contributed by atoms with E-state index in [-0.39, 0.29) is 5.24 Å². The number of carbonyl (C=O) groups excluding carboxylic acids is 2. The molecule has 0 fully saturated rings. The largest absolute Gasteiger partial charge is 0.465 e. The number of hydrogen-bond donors (Lipinski definition) is 0. The normalized spacial score (nSPS) is 9.88. The molecule has 0 saturated carbocycles. The molecule has 1 aromatic rings. The summed E-state index contributed by atoms with van der Waals surface area (Å²) < 4.78 is 5.64. The van der Waals surface area contributed by atoms with Crippen LogP contribution in [0.3, 0.4) is 0 Å². The van der Waals surface area contributed by atoms with Crippen molar-refractivity contribution in [3.05, 3.63) is 27.3 Å². The molecule has 0 radical (unpaired) electrons. The van der Waals surface area contributed by atoms with Gasteiger partial charge in [-0.2, -0.15) is 0 Å². The average Bonchev–Trinajstić information content (AvgIpc) is 2.28. The summed E-state index contributed by atoms with van der Waals surface area (Å²) in [4.78, 5) is 25.2. The predicted octanol–water partition coefficient (Wildman–Crippen LogP) is 2.85. The summed E-state index contributed by atoms with van der Waals surface area (Å²) in [5.41, 5.74) is 0.410. The second kappa shape index (κ2) is 6.25. The zero-order chi connectivity index (χ0) is 13.0. The molecule has 0 aliphatic rings. The first kappa shape index (κ1) is 14.3. The maximum absolute atomic E-state index is 11.6. The third-order valence-corrected chi connectivity index (χ3v) is 3.68. The van der Waals surface area contributed by atoms with E-state index in [0.717, 1.165) is 15.3 Å². The molecule has 1 rings (SSSR count). The molecule has 0 unspecified atom stereocenters. The monoisotopic (exact) mass is 365 g/mol. The van der Waals surface area contributed by atoms with Gasteiger partial charge in [0.1, 0.15) is 0 Å². The first-order valence-electron chi connectivity index (χ1n) is 4.72. The van der Waals surface area contributed by atoms with E-state index in [1.807, 2.05) is 0 Å². The summed E-state index contributed by atoms with van der Waals surface area (Å²) in [6, 6.07) is 5.26. The number of benzene rings is 1. The Labute approximate surface area is 118 Å². The molecular formula is C11H12INO3S. The summed E-state index contributed by atoms with van der Waals surface area (Å²) in [6.07, 6.45) is 0. The SMILES string of the molecule is COC(=O)c1ccc(I)cc1SC(=O)N(C)C. The van der Waals surface area contributed by atoms with Crippen molar-refractivity contribution in [3.63, 3.8) is 0 Å². The van der Waals surface area contributed by atoms with Gasteiger partial charge >= 0.3 is 5.97 Å². The maximum Gasteiger partial charge on any atom is 0.339 e. The fourth-order valence-corrected chi connectivity index (χ4v) is 2.56. The summed E-state index contributed by atoms with van der Waals surface area (Å²) in [7, 11) is 4.66. The highest BCUT2D eigenvalue weighted by molar-refractivity contribution is 14.1. The number of amides is 1. The van der Waals surface area contributed by atoms with E-state index in [0.29, 0.717) is 10.5 Å². The Morgan fingerprint density at radius 3 is 2.53 bits per heavy atom. The van der Waals surface area contributed by atoms with Gasteiger partial charge in [-0.15, -0.1) is 0 Å². The van der Waals surface area contributed by atoms with Gasteiger partial charge in [-0.3, -0.25) is 4.79 Å². The Hall–Kier alpha value is -0.760. The van der Waals surface area contributed by atoms with Gasteiger partial charge in [0.25, 0.3) is 5.24 Å². The third kappa shape index (κ3) is 3.88. The van der Waals surface area contributed by atoms with E-state index < -0.39 is 5.97 Å². The number of ether oxygens (including phenoxy) is 1. The van der Waals surface area contributed by atoms with Crippen LogP contribution in [-0.2, 0) is 4.74 Å². The van der Waals surface area contributed by atoms with Crippen LogP contribution >= 0.6 is 34.4 Å². The number of carbonyl (C=O) groups is 2. The van der Waals surface area contributed by atoms with Crippen molar-refractivity contribution in [1.29, 1.82) is 0 Å². The van der Waals surface area contributed by atoms with Crippen molar-refractivity contribution >= 4 is 45.6 Å². The van der Waals surface area contributed by atoms with Crippen molar-refractivity contribution in [2.24, 2.45) is 0 Å². The molecule has 0 atom stereocenters. The first-order valence-corrected chi connectivity index (χ1v) is 6.62. The molecule has 0 aliphatic heterocycles. The molecule has 0 aromatic heterocycles. The number of rotatable bonds is 2. The lowest BCUT2D eigenvalue weighted by atomic mass is 10.2. The minimum absolute atomic E-state index is 0.128. The summed E-state index contributed by atoms with van der Waals surface area (Å²) in [6.45, 7) is 0. The Bertz CT molecular complexity index is 448. The topological polar surface area (TPSA) is 46.6 Å². The lowest BCUT2D eigenvalue weighted by molar-refractivity contribution is 0.0597. The number of methoxy groups -OCH3 is 1. The van der Waals surface area contributed by atoms with Crippen molar-refractivity contribution in [1.82, 2.24) is 4.90 Å². The molecule has 92 valence electrons. The summed E-state index contributed by atoms with van der Waals surface area (Å²) >= 11 is 3.15. The average molecular weight is 365 g/mol. The van der Waals surface area contributed by atoms with E-state index in [4.69, 9.17) is 0 Å². The van der Waals surface area contributed by atoms with Crippen molar-refractivity contribution in [3.8, 4) is 0 Å². The Kier molecular flexibility index (Phi) is 5.26. The van der Waals surface area contributed by atoms with E-state index in [2.05, 4.69) is 27.3 Å². The molecule has 0 N–H and O–H groups in total. The molecule has 0 aliphatic carbocycles. The number of hydrogen-bond acceptors (Lipinski definition) is 4. The van der Waals surface area contributed by atoms with E-state index in [1.54, 1.807) is 32.3 Å². The molecular weight excluding hydrogens is 353 g/mol. The van der Waals surface area contributed by atoms with E-state index in [1.165, 1.54) is 12.0 Å². The van der Waals surface area contributed by atoms with Gasteiger partial charge in [0, 0.05) is 22.6 Å². The van der Waals surface area contributed by atoms with Crippen molar-refractivity contribution in [2.75, 3.05) is 21.2 Å². The van der Waals surface area contributed by atoms with Crippen LogP contribution in [0, 0.1) is 3.57 Å². The molecule has 0 heterocycles. The predicted molar refractivity (Wildman–Crippen MR) is 75.4 cm³/mol. The van der Waals surface area contributed by atoms with Crippen molar-refractivity contribution in [2.45, 2.75) is 4.90 Å². The molecule has 0 spiro atoms. The van der Waals surface area contributed by atoms with Crippen LogP contribution < -0.4 is 0 Å². The zero-order valence-corrected chi connectivity index (χ0v) is 12.7. The fraction of sp³-hybridized carbons (Fsp3) is 0.273. The molecule has 0 saturated heterocycles.